The molecule has 1 fully saturated rings. The normalized spacial score (nSPS) is 24.5. The van der Waals surface area contributed by atoms with E-state index in [1.807, 2.05) is 31.2 Å². The van der Waals surface area contributed by atoms with E-state index in [1.165, 1.54) is 0 Å². The maximum absolute atomic E-state index is 12.9. The molecule has 9 heteroatoms. The number of carboxylic acids is 1. The Hall–Kier alpha value is -2.39. The summed E-state index contributed by atoms with van der Waals surface area (Å²) in [5.41, 5.74) is 1.89. The number of hydrogen-bond acceptors (Lipinski definition) is 6. The van der Waals surface area contributed by atoms with Crippen LogP contribution in [0.4, 0.5) is 0 Å². The number of benzene rings is 1. The van der Waals surface area contributed by atoms with Crippen molar-refractivity contribution in [2.45, 2.75) is 23.1 Å². The van der Waals surface area contributed by atoms with Gasteiger partial charge in [0, 0.05) is 10.8 Å². The predicted molar refractivity (Wildman–Crippen MR) is 95.5 cm³/mol. The maximum atomic E-state index is 12.9. The number of H-pyrrole nitrogens is 1. The van der Waals surface area contributed by atoms with Crippen molar-refractivity contribution in [1.29, 1.82) is 0 Å². The van der Waals surface area contributed by atoms with E-state index in [0.717, 1.165) is 44.0 Å². The third-order valence-electron chi connectivity index (χ3n) is 4.65. The van der Waals surface area contributed by atoms with E-state index >= 15 is 0 Å². The largest absolute Gasteiger partial charge is 0.480 e. The van der Waals surface area contributed by atoms with Crippen molar-refractivity contribution < 1.29 is 19.5 Å². The number of likely N-dealkylation sites (tertiary alicyclic amines) is 1. The highest BCUT2D eigenvalue weighted by Crippen LogP contribution is 2.52. The highest BCUT2D eigenvalue weighted by molar-refractivity contribution is 8.00. The Kier molecular flexibility index (Phi) is 4.00. The van der Waals surface area contributed by atoms with Crippen LogP contribution >= 0.6 is 23.1 Å². The van der Waals surface area contributed by atoms with Gasteiger partial charge in [-0.1, -0.05) is 52.9 Å². The van der Waals surface area contributed by atoms with Crippen LogP contribution in [-0.4, -0.2) is 44.6 Å². The van der Waals surface area contributed by atoms with E-state index in [0.29, 0.717) is 5.03 Å². The van der Waals surface area contributed by atoms with Gasteiger partial charge < -0.3 is 10.1 Å². The fraction of sp³-hybridized carbons (Fsp3) is 0.294. The number of carbonyl (C=O) groups excluding carboxylic acids is 2. The van der Waals surface area contributed by atoms with Crippen molar-refractivity contribution in [2.24, 2.45) is 5.92 Å². The third-order valence-corrected chi connectivity index (χ3v) is 7.05. The summed E-state index contributed by atoms with van der Waals surface area (Å²) in [5.74, 6) is -3.40. The molecule has 0 radical (unpaired) electrons. The number of aliphatic carboxylic acids is 1. The number of hydrogen-bond donors (Lipinski definition) is 2. The molecule has 134 valence electrons. The number of nitrogens with zero attached hydrogens (tertiary/aromatic N) is 1. The van der Waals surface area contributed by atoms with Gasteiger partial charge in [-0.3, -0.25) is 24.1 Å². The number of fused-ring (bicyclic) bond motifs is 2. The lowest BCUT2D eigenvalue weighted by Crippen LogP contribution is -2.36. The molecule has 4 rings (SSSR count). The number of aromatic amines is 1. The molecule has 3 atom stereocenters. The molecule has 2 aromatic rings. The van der Waals surface area contributed by atoms with Gasteiger partial charge in [-0.25, -0.2) is 0 Å². The van der Waals surface area contributed by atoms with Crippen molar-refractivity contribution in [3.63, 3.8) is 0 Å². The average Bonchev–Trinajstić information content (AvgIpc) is 3.06. The van der Waals surface area contributed by atoms with Gasteiger partial charge in [0.1, 0.15) is 11.8 Å². The first kappa shape index (κ1) is 17.0. The lowest BCUT2D eigenvalue weighted by molar-refractivity contribution is -0.149. The molecular weight excluding hydrogens is 376 g/mol. The Morgan fingerprint density at radius 3 is 2.54 bits per heavy atom. The lowest BCUT2D eigenvalue weighted by atomic mass is 9.83. The van der Waals surface area contributed by atoms with Crippen molar-refractivity contribution in [2.75, 3.05) is 6.54 Å². The highest BCUT2D eigenvalue weighted by Gasteiger charge is 2.56. The molecule has 7 nitrogen and oxygen atoms in total. The molecule has 1 aromatic heterocycles. The molecule has 0 bridgehead atoms. The summed E-state index contributed by atoms with van der Waals surface area (Å²) >= 11 is 2.18. The predicted octanol–water partition coefficient (Wildman–Crippen LogP) is 1.42. The average molecular weight is 390 g/mol. The molecule has 26 heavy (non-hydrogen) atoms. The number of thiazole rings is 1. The van der Waals surface area contributed by atoms with Gasteiger partial charge in [0.05, 0.1) is 10.9 Å². The Morgan fingerprint density at radius 2 is 1.88 bits per heavy atom. The van der Waals surface area contributed by atoms with Crippen molar-refractivity contribution in [1.82, 2.24) is 9.88 Å². The molecule has 1 aromatic carbocycles. The van der Waals surface area contributed by atoms with Gasteiger partial charge in [-0.15, -0.1) is 0 Å². The summed E-state index contributed by atoms with van der Waals surface area (Å²) in [6.07, 6.45) is 0. The van der Waals surface area contributed by atoms with Crippen LogP contribution in [0.2, 0.25) is 0 Å². The van der Waals surface area contributed by atoms with E-state index < -0.39 is 41.4 Å². The summed E-state index contributed by atoms with van der Waals surface area (Å²) in [5, 5.41) is 8.89. The standard InChI is InChI=1S/C17H14N2O5S2/c1-7-2-4-8(5-3-7)10-11-13(25-14-12(10)26-17(24)18-14)16(23)19(15(11)22)6-9(20)21/h2-5,10-11,13H,6H2,1H3,(H,18,24)(H,20,21)/t10-,11+,13+/m0/s1. The minimum absolute atomic E-state index is 0.234. The van der Waals surface area contributed by atoms with Crippen LogP contribution in [-0.2, 0) is 14.4 Å². The van der Waals surface area contributed by atoms with Crippen molar-refractivity contribution in [3.05, 3.63) is 49.9 Å². The molecular formula is C17H14N2O5S2. The van der Waals surface area contributed by atoms with Gasteiger partial charge in [-0.05, 0) is 12.5 Å². The minimum atomic E-state index is -1.23. The number of amides is 2. The number of aromatic nitrogens is 1. The Labute approximate surface area is 156 Å². The molecule has 1 saturated heterocycles. The summed E-state index contributed by atoms with van der Waals surface area (Å²) in [6, 6.07) is 7.60. The van der Waals surface area contributed by atoms with Crippen molar-refractivity contribution in [3.8, 4) is 0 Å². The number of carbonyl (C=O) groups is 3. The van der Waals surface area contributed by atoms with Crippen LogP contribution in [0.1, 0.15) is 21.9 Å². The van der Waals surface area contributed by atoms with Crippen LogP contribution in [0, 0.1) is 12.8 Å². The molecule has 0 aliphatic carbocycles. The first-order valence-corrected chi connectivity index (χ1v) is 9.59. The lowest BCUT2D eigenvalue weighted by Gasteiger charge is -2.29. The SMILES string of the molecule is Cc1ccc([C@@H]2c3sc(=O)[nH]c3S[C@H]3C(=O)N(CC(=O)O)C(=O)[C@H]23)cc1. The number of thioether (sulfide) groups is 1. The second-order valence-corrected chi connectivity index (χ2v) is 8.48. The van der Waals surface area contributed by atoms with Crippen LogP contribution in [0.3, 0.4) is 0 Å². The molecule has 3 heterocycles. The second kappa shape index (κ2) is 6.10. The molecule has 0 unspecified atom stereocenters. The number of nitrogens with one attached hydrogen (secondary N) is 1. The number of carboxylic acid groups (broad SMARTS) is 1. The van der Waals surface area contributed by atoms with Gasteiger partial charge in [0.2, 0.25) is 11.8 Å². The zero-order valence-corrected chi connectivity index (χ0v) is 15.2. The number of rotatable bonds is 3. The monoisotopic (exact) mass is 390 g/mol. The summed E-state index contributed by atoms with van der Waals surface area (Å²) in [4.78, 5) is 52.5. The zero-order chi connectivity index (χ0) is 18.6. The Bertz CT molecular complexity index is 978. The molecule has 2 aliphatic heterocycles. The first-order valence-electron chi connectivity index (χ1n) is 7.90. The summed E-state index contributed by atoms with van der Waals surface area (Å²) in [6.45, 7) is 1.30. The topological polar surface area (TPSA) is 108 Å². The fourth-order valence-electron chi connectivity index (χ4n) is 3.50. The third kappa shape index (κ3) is 2.58. The van der Waals surface area contributed by atoms with E-state index in [1.54, 1.807) is 0 Å². The molecule has 0 saturated carbocycles. The number of imide groups is 1. The summed E-state index contributed by atoms with van der Waals surface area (Å²) < 4.78 is 0. The molecule has 2 N–H and O–H groups in total. The van der Waals surface area contributed by atoms with Crippen LogP contribution in [0.5, 0.6) is 0 Å². The second-order valence-electron chi connectivity index (χ2n) is 6.32. The summed E-state index contributed by atoms with van der Waals surface area (Å²) in [7, 11) is 0. The molecule has 2 aliphatic rings. The number of aryl methyl sites for hydroxylation is 1. The Balaban J connectivity index is 1.85. The van der Waals surface area contributed by atoms with Gasteiger partial charge in [0.15, 0.2) is 0 Å². The first-order chi connectivity index (χ1) is 12.4. The van der Waals surface area contributed by atoms with Gasteiger partial charge in [0.25, 0.3) is 0 Å². The molecule has 2 amide bonds. The van der Waals surface area contributed by atoms with Crippen LogP contribution in [0.25, 0.3) is 0 Å². The maximum Gasteiger partial charge on any atom is 0.323 e. The van der Waals surface area contributed by atoms with Crippen LogP contribution < -0.4 is 4.87 Å². The van der Waals surface area contributed by atoms with Gasteiger partial charge in [-0.2, -0.15) is 0 Å². The smallest absolute Gasteiger partial charge is 0.323 e. The minimum Gasteiger partial charge on any atom is -0.480 e. The fourth-order valence-corrected chi connectivity index (χ4v) is 6.04. The van der Waals surface area contributed by atoms with Crippen LogP contribution in [0.15, 0.2) is 34.1 Å². The highest BCUT2D eigenvalue weighted by atomic mass is 32.2. The van der Waals surface area contributed by atoms with E-state index in [2.05, 4.69) is 4.98 Å². The van der Waals surface area contributed by atoms with E-state index in [4.69, 9.17) is 5.11 Å². The zero-order valence-electron chi connectivity index (χ0n) is 13.6. The van der Waals surface area contributed by atoms with Gasteiger partial charge >= 0.3 is 10.8 Å². The quantitative estimate of drug-likeness (QED) is 0.768. The molecule has 0 spiro atoms. The van der Waals surface area contributed by atoms with E-state index in [-0.39, 0.29) is 4.87 Å². The van der Waals surface area contributed by atoms with Crippen molar-refractivity contribution >= 4 is 40.9 Å². The van der Waals surface area contributed by atoms with E-state index in [9.17, 15) is 19.2 Å². The Morgan fingerprint density at radius 1 is 1.19 bits per heavy atom.